The van der Waals surface area contributed by atoms with Gasteiger partial charge in [-0.25, -0.2) is 4.39 Å². The molecular weight excluding hydrogens is 347 g/mol. The molecule has 3 heteroatoms. The van der Waals surface area contributed by atoms with Crippen LogP contribution in [0.1, 0.15) is 48.9 Å². The molecular formula is C25H29FN2. The number of aromatic nitrogens is 1. The van der Waals surface area contributed by atoms with Crippen molar-refractivity contribution in [1.82, 2.24) is 9.88 Å². The van der Waals surface area contributed by atoms with Crippen molar-refractivity contribution < 1.29 is 4.39 Å². The van der Waals surface area contributed by atoms with Crippen molar-refractivity contribution in [3.05, 3.63) is 71.4 Å². The largest absolute Gasteiger partial charge is 0.358 e. The molecule has 3 atom stereocenters. The average Bonchev–Trinajstić information content (AvgIpc) is 3.11. The fourth-order valence-electron chi connectivity index (χ4n) is 6.01. The zero-order valence-corrected chi connectivity index (χ0v) is 16.8. The Bertz CT molecular complexity index is 992. The van der Waals surface area contributed by atoms with Gasteiger partial charge in [-0.3, -0.25) is 4.90 Å². The van der Waals surface area contributed by atoms with Gasteiger partial charge in [0.05, 0.1) is 0 Å². The second kappa shape index (κ2) is 6.45. The summed E-state index contributed by atoms with van der Waals surface area (Å²) in [4.78, 5) is 5.90. The van der Waals surface area contributed by atoms with Gasteiger partial charge < -0.3 is 4.98 Å². The van der Waals surface area contributed by atoms with E-state index in [0.717, 1.165) is 37.6 Å². The van der Waals surface area contributed by atoms with Gasteiger partial charge >= 0.3 is 0 Å². The predicted octanol–water partition coefficient (Wildman–Crippen LogP) is 5.72. The zero-order chi connectivity index (χ0) is 19.4. The molecule has 3 aromatic rings. The van der Waals surface area contributed by atoms with Gasteiger partial charge in [0, 0.05) is 34.0 Å². The number of hydrogen-bond donors (Lipinski definition) is 1. The summed E-state index contributed by atoms with van der Waals surface area (Å²) in [5.74, 6) is 0. The van der Waals surface area contributed by atoms with Crippen LogP contribution in [0.3, 0.4) is 0 Å². The molecule has 5 rings (SSSR count). The summed E-state index contributed by atoms with van der Waals surface area (Å²) >= 11 is 0. The Morgan fingerprint density at radius 2 is 1.71 bits per heavy atom. The van der Waals surface area contributed by atoms with Crippen molar-refractivity contribution in [2.45, 2.75) is 55.7 Å². The maximum absolute atomic E-state index is 16.2. The van der Waals surface area contributed by atoms with Gasteiger partial charge in [0.2, 0.25) is 0 Å². The third-order valence-corrected chi connectivity index (χ3v) is 7.63. The van der Waals surface area contributed by atoms with E-state index in [-0.39, 0.29) is 11.0 Å². The molecule has 3 unspecified atom stereocenters. The minimum absolute atomic E-state index is 0.227. The highest BCUT2D eigenvalue weighted by atomic mass is 19.1. The summed E-state index contributed by atoms with van der Waals surface area (Å²) in [5.41, 5.74) is 4.37. The minimum atomic E-state index is -0.851. The molecule has 146 valence electrons. The summed E-state index contributed by atoms with van der Waals surface area (Å²) < 4.78 is 16.2. The molecule has 1 fully saturated rings. The lowest BCUT2D eigenvalue weighted by atomic mass is 9.58. The molecule has 1 saturated carbocycles. The van der Waals surface area contributed by atoms with E-state index in [0.29, 0.717) is 6.42 Å². The molecule has 28 heavy (non-hydrogen) atoms. The van der Waals surface area contributed by atoms with Crippen LogP contribution in [0.25, 0.3) is 10.9 Å². The van der Waals surface area contributed by atoms with Crippen molar-refractivity contribution in [3.8, 4) is 0 Å². The van der Waals surface area contributed by atoms with E-state index >= 15 is 4.39 Å². The topological polar surface area (TPSA) is 19.0 Å². The monoisotopic (exact) mass is 376 g/mol. The number of para-hydroxylation sites is 1. The van der Waals surface area contributed by atoms with Crippen molar-refractivity contribution in [3.63, 3.8) is 0 Å². The minimum Gasteiger partial charge on any atom is -0.358 e. The number of hydrogen-bond acceptors (Lipinski definition) is 1. The Morgan fingerprint density at radius 3 is 2.46 bits per heavy atom. The van der Waals surface area contributed by atoms with Crippen LogP contribution in [0.15, 0.2) is 54.6 Å². The first-order chi connectivity index (χ1) is 13.6. The standard InChI is InChI=1S/C25H29FN2/c1-28(2)25(18-9-4-3-5-10-18)16-15-24(22(26)17-25)14-8-12-20-19-11-6-7-13-21(19)27-23(20)24/h3-7,9-11,13,22,27H,8,12,14-17H2,1-2H3. The van der Waals surface area contributed by atoms with E-state index in [9.17, 15) is 0 Å². The van der Waals surface area contributed by atoms with Crippen LogP contribution in [-0.4, -0.2) is 30.2 Å². The number of alkyl halides is 1. The van der Waals surface area contributed by atoms with Gasteiger partial charge in [-0.05, 0) is 63.4 Å². The third-order valence-electron chi connectivity index (χ3n) is 7.63. The number of fused-ring (bicyclic) bond motifs is 4. The predicted molar refractivity (Wildman–Crippen MR) is 113 cm³/mol. The number of aromatic amines is 1. The van der Waals surface area contributed by atoms with Crippen molar-refractivity contribution in [2.24, 2.45) is 0 Å². The van der Waals surface area contributed by atoms with E-state index in [1.54, 1.807) is 0 Å². The molecule has 0 saturated heterocycles. The van der Waals surface area contributed by atoms with Gasteiger partial charge in [0.25, 0.3) is 0 Å². The van der Waals surface area contributed by atoms with Gasteiger partial charge in [-0.1, -0.05) is 48.5 Å². The zero-order valence-electron chi connectivity index (χ0n) is 16.8. The maximum atomic E-state index is 16.2. The second-order valence-electron chi connectivity index (χ2n) is 9.00. The molecule has 0 aliphatic heterocycles. The lowest BCUT2D eigenvalue weighted by Gasteiger charge is -2.53. The summed E-state index contributed by atoms with van der Waals surface area (Å²) in [6, 6.07) is 19.0. The number of aryl methyl sites for hydroxylation is 1. The fraction of sp³-hybridized carbons (Fsp3) is 0.440. The first-order valence-electron chi connectivity index (χ1n) is 10.5. The van der Waals surface area contributed by atoms with E-state index in [1.807, 2.05) is 6.07 Å². The average molecular weight is 377 g/mol. The van der Waals surface area contributed by atoms with Crippen molar-refractivity contribution >= 4 is 10.9 Å². The second-order valence-corrected chi connectivity index (χ2v) is 9.00. The van der Waals surface area contributed by atoms with Gasteiger partial charge in [-0.2, -0.15) is 0 Å². The van der Waals surface area contributed by atoms with Crippen molar-refractivity contribution in [2.75, 3.05) is 14.1 Å². The summed E-state index contributed by atoms with van der Waals surface area (Å²) in [7, 11) is 4.21. The Balaban J connectivity index is 1.58. The SMILES string of the molecule is CN(C)C1(c2ccccc2)CCC2(CCCc3c2[nH]c2ccccc32)C(F)C1. The number of halogens is 1. The molecule has 1 spiro atoms. The number of H-pyrrole nitrogens is 1. The highest BCUT2D eigenvalue weighted by molar-refractivity contribution is 5.85. The van der Waals surface area contributed by atoms with Crippen LogP contribution in [0, 0.1) is 0 Å². The number of benzene rings is 2. The van der Waals surface area contributed by atoms with Crippen molar-refractivity contribution in [1.29, 1.82) is 0 Å². The quantitative estimate of drug-likeness (QED) is 0.606. The van der Waals surface area contributed by atoms with E-state index < -0.39 is 6.17 Å². The Labute approximate surface area is 166 Å². The Morgan fingerprint density at radius 1 is 0.964 bits per heavy atom. The first kappa shape index (κ1) is 17.9. The van der Waals surface area contributed by atoms with Gasteiger partial charge in [-0.15, -0.1) is 0 Å². The van der Waals surface area contributed by atoms with E-state index in [4.69, 9.17) is 0 Å². The molecule has 0 radical (unpaired) electrons. The lowest BCUT2D eigenvalue weighted by Crippen LogP contribution is -2.54. The molecule has 0 bridgehead atoms. The molecule has 1 N–H and O–H groups in total. The fourth-order valence-corrected chi connectivity index (χ4v) is 6.01. The molecule has 2 aliphatic carbocycles. The number of rotatable bonds is 2. The van der Waals surface area contributed by atoms with Crippen LogP contribution in [0.2, 0.25) is 0 Å². The summed E-state index contributed by atoms with van der Waals surface area (Å²) in [6.07, 6.45) is 4.67. The van der Waals surface area contributed by atoms with Crippen LogP contribution in [-0.2, 0) is 17.4 Å². The van der Waals surface area contributed by atoms with Crippen LogP contribution >= 0.6 is 0 Å². The molecule has 1 aromatic heterocycles. The highest BCUT2D eigenvalue weighted by Crippen LogP contribution is 2.55. The van der Waals surface area contributed by atoms with E-state index in [2.05, 4.69) is 72.5 Å². The summed E-state index contributed by atoms with van der Waals surface area (Å²) in [6.45, 7) is 0. The molecule has 2 aromatic carbocycles. The van der Waals surface area contributed by atoms with Crippen LogP contribution in [0.4, 0.5) is 4.39 Å². The number of nitrogens with one attached hydrogen (secondary N) is 1. The lowest BCUT2D eigenvalue weighted by molar-refractivity contribution is -0.00481. The maximum Gasteiger partial charge on any atom is 0.113 e. The Hall–Kier alpha value is -2.13. The smallest absolute Gasteiger partial charge is 0.113 e. The Kier molecular flexibility index (Phi) is 4.13. The molecule has 2 nitrogen and oxygen atoms in total. The summed E-state index contributed by atoms with van der Waals surface area (Å²) in [5, 5.41) is 1.29. The molecule has 1 heterocycles. The third kappa shape index (κ3) is 2.42. The highest BCUT2D eigenvalue weighted by Gasteiger charge is 2.54. The van der Waals surface area contributed by atoms with E-state index in [1.165, 1.54) is 22.2 Å². The molecule has 0 amide bonds. The molecule has 2 aliphatic rings. The normalized spacial score (nSPS) is 30.1. The van der Waals surface area contributed by atoms with Gasteiger partial charge in [0.15, 0.2) is 0 Å². The van der Waals surface area contributed by atoms with Crippen LogP contribution < -0.4 is 0 Å². The van der Waals surface area contributed by atoms with Gasteiger partial charge in [0.1, 0.15) is 6.17 Å². The first-order valence-corrected chi connectivity index (χ1v) is 10.5. The van der Waals surface area contributed by atoms with Crippen LogP contribution in [0.5, 0.6) is 0 Å². The number of nitrogens with zero attached hydrogens (tertiary/aromatic N) is 1.